The maximum atomic E-state index is 10.6. The van der Waals surface area contributed by atoms with Crippen molar-refractivity contribution in [3.05, 3.63) is 35.9 Å². The number of benzene rings is 1. The molecule has 2 heteroatoms. The van der Waals surface area contributed by atoms with Crippen molar-refractivity contribution in [1.29, 1.82) is 0 Å². The Morgan fingerprint density at radius 1 is 0.652 bits per heavy atom. The highest BCUT2D eigenvalue weighted by Gasteiger charge is 1.97. The van der Waals surface area contributed by atoms with Crippen LogP contribution in [0.15, 0.2) is 30.3 Å². The zero-order valence-corrected chi connectivity index (χ0v) is 15.3. The van der Waals surface area contributed by atoms with Crippen molar-refractivity contribution in [3.8, 4) is 0 Å². The second kappa shape index (κ2) is 14.8. The monoisotopic (exact) mass is 336 g/mol. The zero-order chi connectivity index (χ0) is 16.6. The molecule has 1 aromatic carbocycles. The van der Waals surface area contributed by atoms with Crippen molar-refractivity contribution in [2.24, 2.45) is 0 Å². The molecule has 0 amide bonds. The Balaban J connectivity index is 1.74. The van der Waals surface area contributed by atoms with Gasteiger partial charge >= 0.3 is 0 Å². The fourth-order valence-corrected chi connectivity index (χ4v) is 3.14. The van der Waals surface area contributed by atoms with Crippen molar-refractivity contribution in [2.45, 2.75) is 89.9 Å². The average molecular weight is 337 g/mol. The molecule has 0 unspecified atom stereocenters. The minimum atomic E-state index is -0.186. The number of carbonyl (C=O) groups is 1. The van der Waals surface area contributed by atoms with Gasteiger partial charge < -0.3 is 0 Å². The van der Waals surface area contributed by atoms with Gasteiger partial charge in [0.15, 0.2) is 0 Å². The smallest absolute Gasteiger partial charge is 0.221 e. The third-order valence-corrected chi connectivity index (χ3v) is 4.62. The van der Waals surface area contributed by atoms with Gasteiger partial charge in [0.1, 0.15) is 0 Å². The topological polar surface area (TPSA) is 17.1 Å². The number of carbonyl (C=O) groups excluding carboxylic acids is 1. The number of unbranched alkanes of at least 4 members (excludes halogenated alkanes) is 11. The Kier molecular flexibility index (Phi) is 13.0. The molecule has 130 valence electrons. The Hall–Kier alpha value is -0.820. The van der Waals surface area contributed by atoms with Gasteiger partial charge in [0, 0.05) is 6.42 Å². The first-order valence-corrected chi connectivity index (χ1v) is 9.89. The standard InChI is InChI=1S/C21H33ClO/c22-21(23)19-15-10-8-6-4-2-1-3-5-7-9-12-16-20-17-13-11-14-18-20/h11,13-14,17-18H,1-10,12,15-16,19H2. The number of halogens is 1. The van der Waals surface area contributed by atoms with Gasteiger partial charge in [0.25, 0.3) is 0 Å². The summed E-state index contributed by atoms with van der Waals surface area (Å²) >= 11 is 5.31. The fourth-order valence-electron chi connectivity index (χ4n) is 3.01. The molecule has 1 aromatic rings. The summed E-state index contributed by atoms with van der Waals surface area (Å²) in [5.74, 6) is 0. The molecular weight excluding hydrogens is 304 g/mol. The van der Waals surface area contributed by atoms with Crippen molar-refractivity contribution in [1.82, 2.24) is 0 Å². The van der Waals surface area contributed by atoms with Gasteiger partial charge in [-0.05, 0) is 36.4 Å². The van der Waals surface area contributed by atoms with Crippen LogP contribution in [0.2, 0.25) is 0 Å². The predicted octanol–water partition coefficient (Wildman–Crippen LogP) is 7.07. The summed E-state index contributed by atoms with van der Waals surface area (Å²) in [6, 6.07) is 10.8. The highest BCUT2D eigenvalue weighted by molar-refractivity contribution is 6.63. The highest BCUT2D eigenvalue weighted by Crippen LogP contribution is 2.13. The zero-order valence-electron chi connectivity index (χ0n) is 14.6. The first-order chi connectivity index (χ1) is 11.3. The van der Waals surface area contributed by atoms with Gasteiger partial charge in [0.2, 0.25) is 5.24 Å². The molecular formula is C21H33ClO. The van der Waals surface area contributed by atoms with E-state index in [9.17, 15) is 4.79 Å². The van der Waals surface area contributed by atoms with Crippen LogP contribution in [0.1, 0.15) is 89.0 Å². The van der Waals surface area contributed by atoms with Gasteiger partial charge in [0.05, 0.1) is 0 Å². The molecule has 23 heavy (non-hydrogen) atoms. The lowest BCUT2D eigenvalue weighted by molar-refractivity contribution is -0.111. The maximum absolute atomic E-state index is 10.6. The molecule has 0 bridgehead atoms. The molecule has 1 rings (SSSR count). The van der Waals surface area contributed by atoms with Crippen LogP contribution in [0.25, 0.3) is 0 Å². The summed E-state index contributed by atoms with van der Waals surface area (Å²) in [5, 5.41) is -0.186. The summed E-state index contributed by atoms with van der Waals surface area (Å²) in [4.78, 5) is 10.6. The molecule has 0 fully saturated rings. The van der Waals surface area contributed by atoms with Crippen LogP contribution >= 0.6 is 11.6 Å². The van der Waals surface area contributed by atoms with Gasteiger partial charge in [-0.25, -0.2) is 0 Å². The molecule has 0 aliphatic carbocycles. The molecule has 0 aliphatic heterocycles. The van der Waals surface area contributed by atoms with E-state index in [-0.39, 0.29) is 5.24 Å². The Morgan fingerprint density at radius 2 is 1.09 bits per heavy atom. The van der Waals surface area contributed by atoms with Crippen molar-refractivity contribution < 1.29 is 4.79 Å². The molecule has 0 saturated heterocycles. The van der Waals surface area contributed by atoms with Gasteiger partial charge in [-0.2, -0.15) is 0 Å². The van der Waals surface area contributed by atoms with E-state index in [4.69, 9.17) is 11.6 Å². The van der Waals surface area contributed by atoms with Crippen molar-refractivity contribution in [2.75, 3.05) is 0 Å². The highest BCUT2D eigenvalue weighted by atomic mass is 35.5. The molecule has 1 nitrogen and oxygen atoms in total. The molecule has 0 aromatic heterocycles. The first-order valence-electron chi connectivity index (χ1n) is 9.51. The van der Waals surface area contributed by atoms with Gasteiger partial charge in [-0.3, -0.25) is 4.79 Å². The average Bonchev–Trinajstić information content (AvgIpc) is 2.56. The molecule has 0 heterocycles. The Morgan fingerprint density at radius 3 is 1.57 bits per heavy atom. The van der Waals surface area contributed by atoms with E-state index in [2.05, 4.69) is 30.3 Å². The third kappa shape index (κ3) is 13.3. The second-order valence-corrected chi connectivity index (χ2v) is 7.00. The first kappa shape index (κ1) is 20.2. The summed E-state index contributed by atoms with van der Waals surface area (Å²) in [7, 11) is 0. The molecule has 0 radical (unpaired) electrons. The van der Waals surface area contributed by atoms with Crippen molar-refractivity contribution >= 4 is 16.8 Å². The van der Waals surface area contributed by atoms with E-state index in [0.29, 0.717) is 6.42 Å². The SMILES string of the molecule is O=C(Cl)CCCCCCCCCCCCCCc1ccccc1. The second-order valence-electron chi connectivity index (χ2n) is 6.58. The molecule has 0 saturated carbocycles. The van der Waals surface area contributed by atoms with Crippen LogP contribution in [-0.2, 0) is 11.2 Å². The summed E-state index contributed by atoms with van der Waals surface area (Å²) in [6.07, 6.45) is 17.4. The molecule has 0 aliphatic rings. The van der Waals surface area contributed by atoms with E-state index >= 15 is 0 Å². The van der Waals surface area contributed by atoms with Crippen LogP contribution in [0.3, 0.4) is 0 Å². The number of rotatable bonds is 15. The summed E-state index contributed by atoms with van der Waals surface area (Å²) in [6.45, 7) is 0. The van der Waals surface area contributed by atoms with E-state index in [1.54, 1.807) is 0 Å². The number of aryl methyl sites for hydroxylation is 1. The quantitative estimate of drug-likeness (QED) is 0.247. The van der Waals surface area contributed by atoms with Gasteiger partial charge in [-0.15, -0.1) is 0 Å². The van der Waals surface area contributed by atoms with Crippen LogP contribution in [0, 0.1) is 0 Å². The summed E-state index contributed by atoms with van der Waals surface area (Å²) < 4.78 is 0. The van der Waals surface area contributed by atoms with Crippen LogP contribution < -0.4 is 0 Å². The number of hydrogen-bond acceptors (Lipinski definition) is 1. The van der Waals surface area contributed by atoms with Crippen molar-refractivity contribution in [3.63, 3.8) is 0 Å². The van der Waals surface area contributed by atoms with E-state index in [1.165, 1.54) is 76.2 Å². The predicted molar refractivity (Wildman–Crippen MR) is 101 cm³/mol. The minimum Gasteiger partial charge on any atom is -0.281 e. The van der Waals surface area contributed by atoms with E-state index in [1.807, 2.05) is 0 Å². The molecule has 0 N–H and O–H groups in total. The maximum Gasteiger partial charge on any atom is 0.221 e. The molecule has 0 atom stereocenters. The number of hydrogen-bond donors (Lipinski definition) is 0. The lowest BCUT2D eigenvalue weighted by Crippen LogP contribution is -1.87. The van der Waals surface area contributed by atoms with E-state index in [0.717, 1.165) is 12.8 Å². The Bertz CT molecular complexity index is 388. The Labute approximate surface area is 147 Å². The summed E-state index contributed by atoms with van der Waals surface area (Å²) in [5.41, 5.74) is 1.47. The minimum absolute atomic E-state index is 0.186. The molecule has 0 spiro atoms. The lowest BCUT2D eigenvalue weighted by atomic mass is 10.0. The largest absolute Gasteiger partial charge is 0.281 e. The van der Waals surface area contributed by atoms with E-state index < -0.39 is 0 Å². The van der Waals surface area contributed by atoms with Crippen LogP contribution in [0.4, 0.5) is 0 Å². The lowest BCUT2D eigenvalue weighted by Gasteiger charge is -2.03. The van der Waals surface area contributed by atoms with Crippen LogP contribution in [-0.4, -0.2) is 5.24 Å². The normalized spacial score (nSPS) is 10.8. The van der Waals surface area contributed by atoms with Crippen LogP contribution in [0.5, 0.6) is 0 Å². The third-order valence-electron chi connectivity index (χ3n) is 4.43. The van der Waals surface area contributed by atoms with Gasteiger partial charge in [-0.1, -0.05) is 94.5 Å². The fraction of sp³-hybridized carbons (Fsp3) is 0.667.